The third-order valence-electron chi connectivity index (χ3n) is 7.82. The molecule has 12 nitrogen and oxygen atoms in total. The highest BCUT2D eigenvalue weighted by molar-refractivity contribution is 6.12. The molecule has 12 heteroatoms. The quantitative estimate of drug-likeness (QED) is 0.0905. The van der Waals surface area contributed by atoms with Gasteiger partial charge >= 0.3 is 23.9 Å². The number of benzene rings is 4. The lowest BCUT2D eigenvalue weighted by Gasteiger charge is -2.22. The van der Waals surface area contributed by atoms with Gasteiger partial charge in [-0.25, -0.2) is 19.2 Å². The van der Waals surface area contributed by atoms with E-state index in [4.69, 9.17) is 0 Å². The highest BCUT2D eigenvalue weighted by atomic mass is 16.5. The van der Waals surface area contributed by atoms with Gasteiger partial charge in [-0.1, -0.05) is 44.2 Å². The summed E-state index contributed by atoms with van der Waals surface area (Å²) in [5, 5.41) is 50.8. The number of carboxylic acid groups (broad SMARTS) is 4. The smallest absolute Gasteiger partial charge is 0.336 e. The minimum absolute atomic E-state index is 0.0951. The average molecular weight is 641 g/mol. The first-order chi connectivity index (χ1) is 22.4. The fourth-order valence-corrected chi connectivity index (χ4v) is 5.44. The van der Waals surface area contributed by atoms with Crippen molar-refractivity contribution < 1.29 is 49.6 Å². The number of aryl methyl sites for hydroxylation is 2. The van der Waals surface area contributed by atoms with Gasteiger partial charge in [-0.2, -0.15) is 5.48 Å². The van der Waals surface area contributed by atoms with Crippen LogP contribution in [0.4, 0.5) is 5.69 Å². The van der Waals surface area contributed by atoms with Gasteiger partial charge in [0.2, 0.25) is 0 Å². The first-order valence-corrected chi connectivity index (χ1v) is 14.5. The summed E-state index contributed by atoms with van der Waals surface area (Å²) in [5.74, 6) is -5.93. The zero-order chi connectivity index (χ0) is 34.4. The zero-order valence-corrected chi connectivity index (χ0v) is 25.4. The van der Waals surface area contributed by atoms with Gasteiger partial charge in [-0.15, -0.1) is 0 Å². The van der Waals surface area contributed by atoms with Crippen molar-refractivity contribution in [3.05, 3.63) is 134 Å². The molecule has 0 aliphatic rings. The third kappa shape index (κ3) is 7.52. The van der Waals surface area contributed by atoms with Crippen LogP contribution in [-0.2, 0) is 19.3 Å². The SMILES string of the molecule is CCc1cc(Cc2ccc(C(NO)c3cc(C(=O)O)ccc3C(=O)O)c(CC)c2)ccc1NC(=O)c1cc(C(=O)O)ccc1C(=O)O. The van der Waals surface area contributed by atoms with Crippen molar-refractivity contribution in [3.63, 3.8) is 0 Å². The molecule has 4 rings (SSSR count). The molecule has 0 fully saturated rings. The Labute approximate surface area is 268 Å². The Hall–Kier alpha value is -5.85. The van der Waals surface area contributed by atoms with E-state index in [1.54, 1.807) is 18.2 Å². The minimum Gasteiger partial charge on any atom is -0.478 e. The maximum Gasteiger partial charge on any atom is 0.336 e. The molecule has 242 valence electrons. The largest absolute Gasteiger partial charge is 0.478 e. The van der Waals surface area contributed by atoms with E-state index < -0.39 is 35.8 Å². The van der Waals surface area contributed by atoms with E-state index in [0.29, 0.717) is 30.5 Å². The molecular weight excluding hydrogens is 608 g/mol. The second-order valence-corrected chi connectivity index (χ2v) is 10.7. The van der Waals surface area contributed by atoms with Gasteiger partial charge in [0, 0.05) is 5.69 Å². The summed E-state index contributed by atoms with van der Waals surface area (Å²) in [6.45, 7) is 3.79. The highest BCUT2D eigenvalue weighted by Gasteiger charge is 2.24. The Kier molecular flexibility index (Phi) is 10.5. The molecule has 1 atom stereocenters. The van der Waals surface area contributed by atoms with Gasteiger partial charge in [0.15, 0.2) is 0 Å². The number of carbonyl (C=O) groups excluding carboxylic acids is 1. The second kappa shape index (κ2) is 14.5. The van der Waals surface area contributed by atoms with Gasteiger partial charge in [0.25, 0.3) is 5.91 Å². The lowest BCUT2D eigenvalue weighted by molar-refractivity contribution is 0.0677. The lowest BCUT2D eigenvalue weighted by atomic mass is 9.88. The second-order valence-electron chi connectivity index (χ2n) is 10.7. The van der Waals surface area contributed by atoms with Crippen LogP contribution in [0.15, 0.2) is 72.8 Å². The minimum atomic E-state index is -1.37. The number of nitrogens with one attached hydrogen (secondary N) is 2. The molecular formula is C35H32N2O10. The van der Waals surface area contributed by atoms with Gasteiger partial charge in [-0.05, 0) is 95.1 Å². The number of amides is 1. The van der Waals surface area contributed by atoms with Crippen molar-refractivity contribution >= 4 is 35.5 Å². The molecule has 4 aromatic rings. The first kappa shape index (κ1) is 34.0. The Bertz CT molecular complexity index is 1900. The molecule has 0 heterocycles. The molecule has 0 aromatic heterocycles. The van der Waals surface area contributed by atoms with E-state index in [2.05, 4.69) is 10.8 Å². The van der Waals surface area contributed by atoms with Crippen molar-refractivity contribution in [2.24, 2.45) is 0 Å². The summed E-state index contributed by atoms with van der Waals surface area (Å²) in [6.07, 6.45) is 1.52. The van der Waals surface area contributed by atoms with Crippen LogP contribution in [0.1, 0.15) is 105 Å². The molecule has 47 heavy (non-hydrogen) atoms. The monoisotopic (exact) mass is 640 g/mol. The summed E-state index contributed by atoms with van der Waals surface area (Å²) in [5.41, 5.74) is 5.51. The van der Waals surface area contributed by atoms with Gasteiger partial charge < -0.3 is 31.0 Å². The van der Waals surface area contributed by atoms with E-state index in [9.17, 15) is 49.6 Å². The predicted molar refractivity (Wildman–Crippen MR) is 170 cm³/mol. The highest BCUT2D eigenvalue weighted by Crippen LogP contribution is 2.31. The maximum absolute atomic E-state index is 13.1. The molecule has 4 aromatic carbocycles. The number of carboxylic acids is 4. The molecule has 0 aliphatic heterocycles. The topological polar surface area (TPSA) is 211 Å². The van der Waals surface area contributed by atoms with Crippen molar-refractivity contribution in [2.75, 3.05) is 5.32 Å². The molecule has 1 amide bonds. The number of hydrogen-bond donors (Lipinski definition) is 7. The maximum atomic E-state index is 13.1. The zero-order valence-electron chi connectivity index (χ0n) is 25.4. The number of rotatable bonds is 13. The fourth-order valence-electron chi connectivity index (χ4n) is 5.44. The van der Waals surface area contributed by atoms with Crippen LogP contribution < -0.4 is 10.8 Å². The fraction of sp³-hybridized carbons (Fsp3) is 0.171. The third-order valence-corrected chi connectivity index (χ3v) is 7.82. The van der Waals surface area contributed by atoms with Crippen LogP contribution in [0.5, 0.6) is 0 Å². The number of aromatic carboxylic acids is 4. The molecule has 0 aliphatic carbocycles. The lowest BCUT2D eigenvalue weighted by Crippen LogP contribution is -2.23. The molecule has 0 saturated carbocycles. The Morgan fingerprint density at radius 1 is 0.596 bits per heavy atom. The van der Waals surface area contributed by atoms with E-state index in [-0.39, 0.29) is 33.4 Å². The number of anilines is 1. The molecule has 0 spiro atoms. The summed E-state index contributed by atoms with van der Waals surface area (Å²) < 4.78 is 0. The Balaban J connectivity index is 1.62. The van der Waals surface area contributed by atoms with Crippen LogP contribution in [0.3, 0.4) is 0 Å². The van der Waals surface area contributed by atoms with Gasteiger partial charge in [-0.3, -0.25) is 4.79 Å². The van der Waals surface area contributed by atoms with Crippen molar-refractivity contribution in [2.45, 2.75) is 39.2 Å². The van der Waals surface area contributed by atoms with Crippen LogP contribution >= 0.6 is 0 Å². The molecule has 0 saturated heterocycles. The van der Waals surface area contributed by atoms with Crippen molar-refractivity contribution in [1.29, 1.82) is 0 Å². The van der Waals surface area contributed by atoms with E-state index in [0.717, 1.165) is 40.5 Å². The Morgan fingerprint density at radius 2 is 1.15 bits per heavy atom. The summed E-state index contributed by atoms with van der Waals surface area (Å²) >= 11 is 0. The average Bonchev–Trinajstić information content (AvgIpc) is 3.05. The van der Waals surface area contributed by atoms with E-state index in [1.807, 2.05) is 32.0 Å². The van der Waals surface area contributed by atoms with Crippen molar-refractivity contribution in [3.8, 4) is 0 Å². The molecule has 1 unspecified atom stereocenters. The van der Waals surface area contributed by atoms with Crippen LogP contribution in [0.25, 0.3) is 0 Å². The summed E-state index contributed by atoms with van der Waals surface area (Å²) in [7, 11) is 0. The van der Waals surface area contributed by atoms with Crippen LogP contribution in [0, 0.1) is 0 Å². The molecule has 0 radical (unpaired) electrons. The number of hydrogen-bond acceptors (Lipinski definition) is 7. The van der Waals surface area contributed by atoms with Crippen LogP contribution in [-0.4, -0.2) is 55.4 Å². The normalized spacial score (nSPS) is 11.5. The van der Waals surface area contributed by atoms with Gasteiger partial charge in [0.05, 0.1) is 33.9 Å². The van der Waals surface area contributed by atoms with Crippen LogP contribution in [0.2, 0.25) is 0 Å². The summed E-state index contributed by atoms with van der Waals surface area (Å²) in [4.78, 5) is 59.7. The van der Waals surface area contributed by atoms with Crippen molar-refractivity contribution in [1.82, 2.24) is 5.48 Å². The summed E-state index contributed by atoms with van der Waals surface area (Å²) in [6, 6.07) is 16.7. The Morgan fingerprint density at radius 3 is 1.70 bits per heavy atom. The van der Waals surface area contributed by atoms with E-state index in [1.165, 1.54) is 18.2 Å². The predicted octanol–water partition coefficient (Wildman–Crippen LogP) is 5.52. The van der Waals surface area contributed by atoms with Gasteiger partial charge in [0.1, 0.15) is 0 Å². The number of hydroxylamine groups is 1. The van der Waals surface area contributed by atoms with E-state index >= 15 is 0 Å². The number of carbonyl (C=O) groups is 5. The first-order valence-electron chi connectivity index (χ1n) is 14.5. The molecule has 7 N–H and O–H groups in total. The standard InChI is InChI=1S/C35H32N2O10/c1-3-20-14-18(5-9-24(20)30(37-47)27-16-22(32(39)40)7-10-25(27)34(43)44)13-19-6-12-29(21(4-2)15-19)36-31(38)28-17-23(33(41)42)8-11-26(28)35(45)46/h5-12,14-17,30,37,47H,3-4,13H2,1-2H3,(H,36,38)(H,39,40)(H,41,42)(H,43,44)(H,45,46). The molecule has 0 bridgehead atoms.